The number of aromatic amines is 1. The van der Waals surface area contributed by atoms with Crippen LogP contribution in [-0.4, -0.2) is 38.3 Å². The summed E-state index contributed by atoms with van der Waals surface area (Å²) in [5, 5.41) is 0.815. The molecule has 0 unspecified atom stereocenters. The summed E-state index contributed by atoms with van der Waals surface area (Å²) < 4.78 is 0. The largest absolute Gasteiger partial charge is 0.340 e. The molecule has 2 aliphatic heterocycles. The van der Waals surface area contributed by atoms with Crippen LogP contribution >= 0.6 is 21.6 Å². The van der Waals surface area contributed by atoms with Crippen LogP contribution in [0.5, 0.6) is 0 Å². The maximum atomic E-state index is 12.7. The van der Waals surface area contributed by atoms with Crippen LogP contribution in [0.3, 0.4) is 0 Å². The third-order valence-corrected chi connectivity index (χ3v) is 8.20. The summed E-state index contributed by atoms with van der Waals surface area (Å²) in [4.78, 5) is 22.9. The van der Waals surface area contributed by atoms with E-state index >= 15 is 0 Å². The summed E-state index contributed by atoms with van der Waals surface area (Å²) in [7, 11) is 4.03. The Kier molecular flexibility index (Phi) is 5.56. The van der Waals surface area contributed by atoms with Crippen LogP contribution in [0.4, 0.5) is 0 Å². The average molecular weight is 376 g/mol. The van der Waals surface area contributed by atoms with Gasteiger partial charge in [0.15, 0.2) is 0 Å². The molecule has 2 saturated heterocycles. The number of nitrogens with one attached hydrogen (secondary N) is 1. The van der Waals surface area contributed by atoms with Gasteiger partial charge >= 0.3 is 0 Å². The smallest absolute Gasteiger partial charge is 0.223 e. The number of fused-ring (bicyclic) bond motifs is 1. The van der Waals surface area contributed by atoms with E-state index in [-0.39, 0.29) is 6.04 Å². The number of carbonyl (C=O) groups is 1. The van der Waals surface area contributed by atoms with Gasteiger partial charge in [0, 0.05) is 24.0 Å². The fraction of sp³-hybridized carbons (Fsp3) is 0.579. The molecule has 2 aliphatic rings. The van der Waals surface area contributed by atoms with Crippen molar-refractivity contribution in [2.75, 3.05) is 12.3 Å². The minimum atomic E-state index is 0.127. The molecule has 0 spiro atoms. The molecule has 0 aliphatic carbocycles. The van der Waals surface area contributed by atoms with E-state index in [1.54, 1.807) is 0 Å². The molecule has 4 rings (SSSR count). The normalized spacial score (nSPS) is 23.6. The number of carbonyl (C=O) groups excluding carboxylic acids is 1. The molecule has 3 heterocycles. The highest BCUT2D eigenvalue weighted by Gasteiger charge is 2.31. The molecule has 134 valence electrons. The van der Waals surface area contributed by atoms with Crippen molar-refractivity contribution in [3.63, 3.8) is 0 Å². The second kappa shape index (κ2) is 8.04. The van der Waals surface area contributed by atoms with Crippen molar-refractivity contribution in [1.82, 2.24) is 14.9 Å². The molecule has 0 saturated carbocycles. The lowest BCUT2D eigenvalue weighted by atomic mass is 10.1. The lowest BCUT2D eigenvalue weighted by molar-refractivity contribution is -0.132. The topological polar surface area (TPSA) is 49.0 Å². The number of hydrogen-bond acceptors (Lipinski definition) is 4. The third-order valence-electron chi connectivity index (χ3n) is 5.19. The van der Waals surface area contributed by atoms with Crippen LogP contribution < -0.4 is 0 Å². The van der Waals surface area contributed by atoms with E-state index in [4.69, 9.17) is 4.98 Å². The van der Waals surface area contributed by atoms with E-state index in [0.29, 0.717) is 12.3 Å². The van der Waals surface area contributed by atoms with Crippen molar-refractivity contribution in [1.29, 1.82) is 0 Å². The van der Waals surface area contributed by atoms with Crippen LogP contribution in [-0.2, 0) is 4.79 Å². The van der Waals surface area contributed by atoms with Crippen LogP contribution in [0.2, 0.25) is 0 Å². The number of rotatable bonds is 6. The molecular weight excluding hydrogens is 350 g/mol. The fourth-order valence-electron chi connectivity index (χ4n) is 3.84. The SMILES string of the molecule is O=C(CCCC[C@@H]1CCSS1)N1CCC[C@H]1c1nc2ccccc2[nH]1. The Morgan fingerprint density at radius 2 is 2.20 bits per heavy atom. The summed E-state index contributed by atoms with van der Waals surface area (Å²) in [6.07, 6.45) is 7.56. The molecule has 4 nitrogen and oxygen atoms in total. The van der Waals surface area contributed by atoms with Gasteiger partial charge in [0.2, 0.25) is 5.91 Å². The highest BCUT2D eigenvalue weighted by Crippen LogP contribution is 2.40. The first kappa shape index (κ1) is 17.3. The van der Waals surface area contributed by atoms with Crippen LogP contribution in [0.1, 0.15) is 56.8 Å². The van der Waals surface area contributed by atoms with E-state index < -0.39 is 0 Å². The number of hydrogen-bond donors (Lipinski definition) is 1. The Hall–Kier alpha value is -1.14. The zero-order valence-corrected chi connectivity index (χ0v) is 16.1. The molecule has 25 heavy (non-hydrogen) atoms. The highest BCUT2D eigenvalue weighted by molar-refractivity contribution is 8.77. The number of imidazole rings is 1. The third kappa shape index (κ3) is 4.00. The summed E-state index contributed by atoms with van der Waals surface area (Å²) in [6, 6.07) is 8.22. The zero-order valence-electron chi connectivity index (χ0n) is 14.4. The van der Waals surface area contributed by atoms with Crippen molar-refractivity contribution in [3.05, 3.63) is 30.1 Å². The second-order valence-electron chi connectivity index (χ2n) is 6.96. The number of benzene rings is 1. The number of aromatic nitrogens is 2. The van der Waals surface area contributed by atoms with Crippen molar-refractivity contribution >= 4 is 38.5 Å². The number of para-hydroxylation sites is 2. The van der Waals surface area contributed by atoms with Crippen molar-refractivity contribution < 1.29 is 4.79 Å². The predicted molar refractivity (Wildman–Crippen MR) is 107 cm³/mol. The second-order valence-corrected chi connectivity index (χ2v) is 9.75. The number of likely N-dealkylation sites (tertiary alicyclic amines) is 1. The van der Waals surface area contributed by atoms with Gasteiger partial charge in [-0.1, -0.05) is 40.1 Å². The lowest BCUT2D eigenvalue weighted by Gasteiger charge is -2.23. The predicted octanol–water partition coefficient (Wildman–Crippen LogP) is 4.94. The molecule has 0 bridgehead atoms. The average Bonchev–Trinajstić information content (AvgIpc) is 3.38. The zero-order chi connectivity index (χ0) is 17.1. The maximum absolute atomic E-state index is 12.7. The first-order chi connectivity index (χ1) is 12.3. The molecule has 1 aromatic carbocycles. The van der Waals surface area contributed by atoms with Gasteiger partial charge in [-0.3, -0.25) is 4.79 Å². The van der Waals surface area contributed by atoms with E-state index in [9.17, 15) is 4.79 Å². The highest BCUT2D eigenvalue weighted by atomic mass is 33.1. The Morgan fingerprint density at radius 1 is 1.28 bits per heavy atom. The molecule has 6 heteroatoms. The van der Waals surface area contributed by atoms with Gasteiger partial charge in [-0.15, -0.1) is 0 Å². The summed E-state index contributed by atoms with van der Waals surface area (Å²) in [6.45, 7) is 0.871. The first-order valence-corrected chi connectivity index (χ1v) is 11.7. The quantitative estimate of drug-likeness (QED) is 0.574. The van der Waals surface area contributed by atoms with Gasteiger partial charge in [-0.05, 0) is 44.2 Å². The van der Waals surface area contributed by atoms with Crippen LogP contribution in [0, 0.1) is 0 Å². The molecule has 2 aromatic rings. The molecule has 1 N–H and O–H groups in total. The molecule has 0 radical (unpaired) electrons. The monoisotopic (exact) mass is 375 g/mol. The van der Waals surface area contributed by atoms with E-state index in [2.05, 4.69) is 9.88 Å². The van der Waals surface area contributed by atoms with Crippen molar-refractivity contribution in [2.24, 2.45) is 0 Å². The number of nitrogens with zero attached hydrogens (tertiary/aromatic N) is 2. The van der Waals surface area contributed by atoms with E-state index in [1.807, 2.05) is 45.9 Å². The van der Waals surface area contributed by atoms with Gasteiger partial charge in [0.25, 0.3) is 0 Å². The maximum Gasteiger partial charge on any atom is 0.223 e. The Morgan fingerprint density at radius 3 is 3.04 bits per heavy atom. The standard InChI is InChI=1S/C19H25N3OS2/c23-18(10-4-1-6-14-11-13-24-25-14)22-12-5-9-17(22)19-20-15-7-2-3-8-16(15)21-19/h2-3,7-8,14,17H,1,4-6,9-13H2,(H,20,21)/t14-,17+/m1/s1. The van der Waals surface area contributed by atoms with Crippen LogP contribution in [0.15, 0.2) is 24.3 Å². The van der Waals surface area contributed by atoms with Crippen molar-refractivity contribution in [3.8, 4) is 0 Å². The number of amides is 1. The molecule has 2 atom stereocenters. The van der Waals surface area contributed by atoms with Crippen molar-refractivity contribution in [2.45, 2.75) is 56.2 Å². The van der Waals surface area contributed by atoms with E-state index in [0.717, 1.165) is 47.9 Å². The molecular formula is C19H25N3OS2. The Balaban J connectivity index is 1.33. The van der Waals surface area contributed by atoms with Gasteiger partial charge in [0.1, 0.15) is 5.82 Å². The summed E-state index contributed by atoms with van der Waals surface area (Å²) >= 11 is 0. The minimum absolute atomic E-state index is 0.127. The first-order valence-electron chi connectivity index (χ1n) is 9.33. The van der Waals surface area contributed by atoms with E-state index in [1.165, 1.54) is 25.0 Å². The minimum Gasteiger partial charge on any atom is -0.340 e. The Bertz CT molecular complexity index is 693. The molecule has 1 aromatic heterocycles. The fourth-order valence-corrected chi connectivity index (χ4v) is 6.86. The van der Waals surface area contributed by atoms with Gasteiger partial charge in [0.05, 0.1) is 17.1 Å². The lowest BCUT2D eigenvalue weighted by Crippen LogP contribution is -2.30. The van der Waals surface area contributed by atoms with Gasteiger partial charge in [-0.25, -0.2) is 4.98 Å². The van der Waals surface area contributed by atoms with Gasteiger partial charge < -0.3 is 9.88 Å². The molecule has 2 fully saturated rings. The number of unbranched alkanes of at least 4 members (excludes halogenated alkanes) is 1. The Labute approximate surface area is 156 Å². The van der Waals surface area contributed by atoms with Crippen LogP contribution in [0.25, 0.3) is 11.0 Å². The molecule has 1 amide bonds. The summed E-state index contributed by atoms with van der Waals surface area (Å²) in [5.74, 6) is 2.55. The number of H-pyrrole nitrogens is 1. The summed E-state index contributed by atoms with van der Waals surface area (Å²) in [5.41, 5.74) is 2.05. The van der Waals surface area contributed by atoms with Gasteiger partial charge in [-0.2, -0.15) is 0 Å².